The molecule has 0 N–H and O–H groups in total. The van der Waals surface area contributed by atoms with Crippen LogP contribution in [0.1, 0.15) is 5.82 Å². The largest absolute Gasteiger partial charge is 0.348 e. The summed E-state index contributed by atoms with van der Waals surface area (Å²) in [5, 5.41) is 0. The molecule has 1 aromatic heterocycles. The van der Waals surface area contributed by atoms with Gasteiger partial charge in [-0.15, -0.1) is 0 Å². The van der Waals surface area contributed by atoms with Gasteiger partial charge in [0.1, 0.15) is 11.6 Å². The second kappa shape index (κ2) is 3.46. The lowest BCUT2D eigenvalue weighted by molar-refractivity contribution is 0.925. The van der Waals surface area contributed by atoms with Crippen LogP contribution in [0.2, 0.25) is 0 Å². The van der Waals surface area contributed by atoms with Crippen molar-refractivity contribution in [1.82, 2.24) is 9.97 Å². The van der Waals surface area contributed by atoms with Gasteiger partial charge in [0.05, 0.1) is 4.47 Å². The number of aryl methyl sites for hydroxylation is 1. The van der Waals surface area contributed by atoms with Gasteiger partial charge < -0.3 is 4.90 Å². The molecule has 0 amide bonds. The fourth-order valence-corrected chi connectivity index (χ4v) is 1.76. The van der Waals surface area contributed by atoms with Crippen molar-refractivity contribution in [2.75, 3.05) is 18.0 Å². The van der Waals surface area contributed by atoms with Gasteiger partial charge >= 0.3 is 0 Å². The van der Waals surface area contributed by atoms with Crippen LogP contribution in [-0.2, 0) is 0 Å². The van der Waals surface area contributed by atoms with Gasteiger partial charge in [-0.3, -0.25) is 0 Å². The van der Waals surface area contributed by atoms with Crippen molar-refractivity contribution in [2.24, 2.45) is 0 Å². The van der Waals surface area contributed by atoms with E-state index in [2.05, 4.69) is 42.9 Å². The summed E-state index contributed by atoms with van der Waals surface area (Å²) < 4.78 is 0.960. The van der Waals surface area contributed by atoms with Gasteiger partial charge in [-0.25, -0.2) is 9.97 Å². The first-order chi connectivity index (χ1) is 6.27. The highest BCUT2D eigenvalue weighted by Gasteiger charge is 2.12. The maximum Gasteiger partial charge on any atom is 0.147 e. The number of anilines is 1. The zero-order chi connectivity index (χ0) is 9.26. The summed E-state index contributed by atoms with van der Waals surface area (Å²) in [5.41, 5.74) is 0. The molecule has 0 aliphatic carbocycles. The molecule has 13 heavy (non-hydrogen) atoms. The van der Waals surface area contributed by atoms with Crippen LogP contribution in [0, 0.1) is 6.92 Å². The van der Waals surface area contributed by atoms with Crippen LogP contribution in [0.4, 0.5) is 5.82 Å². The van der Waals surface area contributed by atoms with Gasteiger partial charge in [0.15, 0.2) is 0 Å². The number of aromatic nitrogens is 2. The van der Waals surface area contributed by atoms with Crippen molar-refractivity contribution >= 4 is 21.7 Å². The van der Waals surface area contributed by atoms with Crippen molar-refractivity contribution in [3.63, 3.8) is 0 Å². The molecule has 0 aromatic carbocycles. The molecule has 4 heteroatoms. The third kappa shape index (κ3) is 1.72. The second-order valence-electron chi connectivity index (χ2n) is 2.97. The van der Waals surface area contributed by atoms with Crippen molar-refractivity contribution in [3.05, 3.63) is 28.6 Å². The molecule has 1 aliphatic rings. The average Bonchev–Trinajstić information content (AvgIpc) is 2.61. The van der Waals surface area contributed by atoms with Gasteiger partial charge in [-0.05, 0) is 22.9 Å². The van der Waals surface area contributed by atoms with Crippen LogP contribution in [0.15, 0.2) is 22.8 Å². The summed E-state index contributed by atoms with van der Waals surface area (Å²) in [6.07, 6.45) is 6.09. The summed E-state index contributed by atoms with van der Waals surface area (Å²) in [4.78, 5) is 10.7. The van der Waals surface area contributed by atoms with E-state index in [0.717, 1.165) is 29.2 Å². The summed E-state index contributed by atoms with van der Waals surface area (Å²) in [5.74, 6) is 1.79. The third-order valence-corrected chi connectivity index (χ3v) is 2.52. The van der Waals surface area contributed by atoms with Crippen molar-refractivity contribution < 1.29 is 0 Å². The van der Waals surface area contributed by atoms with E-state index in [1.807, 2.05) is 6.92 Å². The Morgan fingerprint density at radius 1 is 1.38 bits per heavy atom. The van der Waals surface area contributed by atoms with Crippen LogP contribution in [0.5, 0.6) is 0 Å². The van der Waals surface area contributed by atoms with Gasteiger partial charge in [0.2, 0.25) is 0 Å². The maximum atomic E-state index is 4.38. The third-order valence-electron chi connectivity index (χ3n) is 1.96. The Bertz CT molecular complexity index is 341. The number of rotatable bonds is 1. The summed E-state index contributed by atoms with van der Waals surface area (Å²) >= 11 is 3.45. The van der Waals surface area contributed by atoms with E-state index < -0.39 is 0 Å². The van der Waals surface area contributed by atoms with E-state index in [4.69, 9.17) is 0 Å². The highest BCUT2D eigenvalue weighted by molar-refractivity contribution is 9.10. The predicted octanol–water partition coefficient (Wildman–Crippen LogP) is 1.92. The molecule has 0 unspecified atom stereocenters. The second-order valence-corrected chi connectivity index (χ2v) is 3.82. The zero-order valence-corrected chi connectivity index (χ0v) is 8.95. The van der Waals surface area contributed by atoms with E-state index in [0.29, 0.717) is 0 Å². The number of hydrogen-bond acceptors (Lipinski definition) is 3. The number of hydrogen-bond donors (Lipinski definition) is 0. The van der Waals surface area contributed by atoms with Crippen LogP contribution in [0.25, 0.3) is 0 Å². The molecule has 0 fully saturated rings. The van der Waals surface area contributed by atoms with E-state index in [1.165, 1.54) is 0 Å². The summed E-state index contributed by atoms with van der Waals surface area (Å²) in [7, 11) is 0. The lowest BCUT2D eigenvalue weighted by Crippen LogP contribution is -2.20. The average molecular weight is 240 g/mol. The number of nitrogens with zero attached hydrogens (tertiary/aromatic N) is 3. The quantitative estimate of drug-likeness (QED) is 0.702. The van der Waals surface area contributed by atoms with Gasteiger partial charge in [-0.1, -0.05) is 12.2 Å². The molecule has 1 aromatic rings. The lowest BCUT2D eigenvalue weighted by Gasteiger charge is -2.17. The molecule has 0 spiro atoms. The van der Waals surface area contributed by atoms with Gasteiger partial charge in [0.25, 0.3) is 0 Å². The molecule has 2 heterocycles. The molecule has 0 atom stereocenters. The zero-order valence-electron chi connectivity index (χ0n) is 7.37. The standard InChI is InChI=1S/C9H10BrN3/c1-7-11-6-8(10)9(12-7)13-4-2-3-5-13/h2-3,6H,4-5H2,1H3. The van der Waals surface area contributed by atoms with Crippen LogP contribution < -0.4 is 4.90 Å². The van der Waals surface area contributed by atoms with E-state index in [9.17, 15) is 0 Å². The molecule has 0 saturated carbocycles. The van der Waals surface area contributed by atoms with Crippen LogP contribution in [-0.4, -0.2) is 23.1 Å². The smallest absolute Gasteiger partial charge is 0.147 e. The minimum Gasteiger partial charge on any atom is -0.348 e. The maximum absolute atomic E-state index is 4.38. The first-order valence-corrected chi connectivity index (χ1v) is 4.96. The minimum atomic E-state index is 0.810. The SMILES string of the molecule is Cc1ncc(Br)c(N2CC=CC2)n1. The Labute approximate surface area is 85.6 Å². The monoisotopic (exact) mass is 239 g/mol. The Hall–Kier alpha value is -0.900. The highest BCUT2D eigenvalue weighted by atomic mass is 79.9. The fourth-order valence-electron chi connectivity index (χ4n) is 1.32. The molecule has 0 bridgehead atoms. The van der Waals surface area contributed by atoms with Gasteiger partial charge in [-0.2, -0.15) is 0 Å². The van der Waals surface area contributed by atoms with Crippen molar-refractivity contribution in [2.45, 2.75) is 6.92 Å². The van der Waals surface area contributed by atoms with Crippen molar-refractivity contribution in [1.29, 1.82) is 0 Å². The van der Waals surface area contributed by atoms with E-state index in [-0.39, 0.29) is 0 Å². The Morgan fingerprint density at radius 2 is 2.08 bits per heavy atom. The Balaban J connectivity index is 2.33. The number of halogens is 1. The minimum absolute atomic E-state index is 0.810. The molecule has 0 radical (unpaired) electrons. The molecular formula is C9H10BrN3. The van der Waals surface area contributed by atoms with E-state index >= 15 is 0 Å². The Morgan fingerprint density at radius 3 is 2.77 bits per heavy atom. The highest BCUT2D eigenvalue weighted by Crippen LogP contribution is 2.24. The molecule has 1 aliphatic heterocycles. The van der Waals surface area contributed by atoms with Crippen LogP contribution >= 0.6 is 15.9 Å². The first-order valence-electron chi connectivity index (χ1n) is 4.16. The molecule has 68 valence electrons. The molecule has 0 saturated heterocycles. The lowest BCUT2D eigenvalue weighted by atomic mass is 10.5. The molecule has 3 nitrogen and oxygen atoms in total. The summed E-state index contributed by atoms with van der Waals surface area (Å²) in [6, 6.07) is 0. The molecule has 2 rings (SSSR count). The van der Waals surface area contributed by atoms with E-state index in [1.54, 1.807) is 6.20 Å². The predicted molar refractivity (Wildman–Crippen MR) is 55.8 cm³/mol. The topological polar surface area (TPSA) is 29.0 Å². The van der Waals surface area contributed by atoms with Gasteiger partial charge in [0, 0.05) is 19.3 Å². The summed E-state index contributed by atoms with van der Waals surface area (Å²) in [6.45, 7) is 3.78. The Kier molecular flexibility index (Phi) is 2.31. The molecular weight excluding hydrogens is 230 g/mol. The first kappa shape index (κ1) is 8.69. The fraction of sp³-hybridized carbons (Fsp3) is 0.333. The van der Waals surface area contributed by atoms with Crippen LogP contribution in [0.3, 0.4) is 0 Å². The normalized spacial score (nSPS) is 15.4. The van der Waals surface area contributed by atoms with Crippen molar-refractivity contribution in [3.8, 4) is 0 Å².